The lowest BCUT2D eigenvalue weighted by atomic mass is 9.94. The van der Waals surface area contributed by atoms with E-state index in [0.717, 1.165) is 11.1 Å². The largest absolute Gasteiger partial charge is 0.466 e. The number of carbonyl (C=O) groups excluding carboxylic acids is 1. The van der Waals surface area contributed by atoms with Crippen LogP contribution in [0.3, 0.4) is 0 Å². The Morgan fingerprint density at radius 2 is 1.76 bits per heavy atom. The standard InChI is InChI=1S/C30H32F3N5O3/c1-3-38-19-24(21-8-6-5-7-9-21)26(35-38)28-34-27(36-41-28)22-12-10-20(11-13-22)18-25(30(31,32)33)37-16-14-23(15-17-37)29(39)40-4-2/h5-13,19,23,25H,3-4,14-18H2,1-2H3. The number of ether oxygens (including phenoxy) is 1. The molecule has 1 fully saturated rings. The van der Waals surface area contributed by atoms with E-state index < -0.39 is 12.2 Å². The summed E-state index contributed by atoms with van der Waals surface area (Å²) in [5, 5.41) is 8.71. The Hall–Kier alpha value is -3.99. The first-order chi connectivity index (χ1) is 19.8. The van der Waals surface area contributed by atoms with Crippen LogP contribution in [0.2, 0.25) is 0 Å². The number of benzene rings is 2. The topological polar surface area (TPSA) is 86.3 Å². The Kier molecular flexibility index (Phi) is 8.53. The van der Waals surface area contributed by atoms with Crippen molar-refractivity contribution in [2.75, 3.05) is 19.7 Å². The van der Waals surface area contributed by atoms with Gasteiger partial charge in [-0.1, -0.05) is 59.8 Å². The first kappa shape index (κ1) is 28.5. The van der Waals surface area contributed by atoms with E-state index in [1.54, 1.807) is 35.9 Å². The smallest absolute Gasteiger partial charge is 0.404 e. The predicted molar refractivity (Wildman–Crippen MR) is 147 cm³/mol. The molecule has 2 aromatic heterocycles. The number of hydrogen-bond acceptors (Lipinski definition) is 7. The summed E-state index contributed by atoms with van der Waals surface area (Å²) >= 11 is 0. The van der Waals surface area contributed by atoms with Crippen molar-refractivity contribution in [1.82, 2.24) is 24.8 Å². The maximum absolute atomic E-state index is 14.1. The van der Waals surface area contributed by atoms with Crippen LogP contribution in [0.5, 0.6) is 0 Å². The van der Waals surface area contributed by atoms with Gasteiger partial charge in [-0.3, -0.25) is 14.4 Å². The van der Waals surface area contributed by atoms with E-state index in [4.69, 9.17) is 9.26 Å². The van der Waals surface area contributed by atoms with Crippen molar-refractivity contribution in [3.63, 3.8) is 0 Å². The zero-order valence-electron chi connectivity index (χ0n) is 23.0. The predicted octanol–water partition coefficient (Wildman–Crippen LogP) is 6.04. The van der Waals surface area contributed by atoms with Gasteiger partial charge in [-0.05, 0) is 57.3 Å². The number of alkyl halides is 3. The van der Waals surface area contributed by atoms with Crippen molar-refractivity contribution in [3.05, 3.63) is 66.4 Å². The van der Waals surface area contributed by atoms with Gasteiger partial charge in [0.25, 0.3) is 5.89 Å². The van der Waals surface area contributed by atoms with Crippen LogP contribution in [-0.4, -0.2) is 62.7 Å². The van der Waals surface area contributed by atoms with E-state index in [-0.39, 0.29) is 43.9 Å². The van der Waals surface area contributed by atoms with Crippen molar-refractivity contribution in [2.45, 2.75) is 51.9 Å². The summed E-state index contributed by atoms with van der Waals surface area (Å²) < 4.78 is 54.7. The number of rotatable bonds is 9. The summed E-state index contributed by atoms with van der Waals surface area (Å²) in [7, 11) is 0. The number of nitrogens with zero attached hydrogens (tertiary/aromatic N) is 5. The van der Waals surface area contributed by atoms with Gasteiger partial charge < -0.3 is 9.26 Å². The van der Waals surface area contributed by atoms with E-state index in [0.29, 0.717) is 42.0 Å². The molecule has 0 N–H and O–H groups in total. The molecule has 1 aliphatic heterocycles. The third-order valence-electron chi connectivity index (χ3n) is 7.41. The van der Waals surface area contributed by atoms with Gasteiger partial charge in [0.15, 0.2) is 5.69 Å². The van der Waals surface area contributed by atoms with E-state index in [2.05, 4.69) is 15.2 Å². The minimum atomic E-state index is -4.41. The highest BCUT2D eigenvalue weighted by Gasteiger charge is 2.44. The zero-order valence-corrected chi connectivity index (χ0v) is 23.0. The van der Waals surface area contributed by atoms with Gasteiger partial charge in [-0.15, -0.1) is 0 Å². The average molecular weight is 568 g/mol. The van der Waals surface area contributed by atoms with Gasteiger partial charge in [-0.2, -0.15) is 23.3 Å². The molecule has 11 heteroatoms. The second-order valence-corrected chi connectivity index (χ2v) is 10.1. The molecular formula is C30H32F3N5O3. The lowest BCUT2D eigenvalue weighted by Gasteiger charge is -2.37. The van der Waals surface area contributed by atoms with Crippen LogP contribution >= 0.6 is 0 Å². The molecule has 0 aliphatic carbocycles. The Morgan fingerprint density at radius 3 is 2.39 bits per heavy atom. The second kappa shape index (κ2) is 12.3. The summed E-state index contributed by atoms with van der Waals surface area (Å²) in [4.78, 5) is 18.0. The molecule has 216 valence electrons. The summed E-state index contributed by atoms with van der Waals surface area (Å²) in [6, 6.07) is 14.9. The lowest BCUT2D eigenvalue weighted by molar-refractivity contribution is -0.187. The molecule has 0 spiro atoms. The molecule has 4 aromatic rings. The minimum Gasteiger partial charge on any atom is -0.466 e. The Bertz CT molecular complexity index is 1440. The lowest BCUT2D eigenvalue weighted by Crippen LogP contribution is -2.51. The number of likely N-dealkylation sites (tertiary alicyclic amines) is 1. The summed E-state index contributed by atoms with van der Waals surface area (Å²) in [6.45, 7) is 5.03. The van der Waals surface area contributed by atoms with Crippen LogP contribution in [0.15, 0.2) is 65.3 Å². The van der Waals surface area contributed by atoms with Crippen LogP contribution < -0.4 is 0 Å². The molecule has 1 atom stereocenters. The number of piperidine rings is 1. The fourth-order valence-electron chi connectivity index (χ4n) is 5.18. The van der Waals surface area contributed by atoms with Crippen molar-refractivity contribution in [1.29, 1.82) is 0 Å². The van der Waals surface area contributed by atoms with E-state index in [1.165, 1.54) is 4.90 Å². The van der Waals surface area contributed by atoms with Crippen molar-refractivity contribution in [3.8, 4) is 34.1 Å². The summed E-state index contributed by atoms with van der Waals surface area (Å²) in [5.74, 6) is -0.0897. The average Bonchev–Trinajstić information content (AvgIpc) is 3.64. The van der Waals surface area contributed by atoms with Crippen molar-refractivity contribution < 1.29 is 27.2 Å². The van der Waals surface area contributed by atoms with Gasteiger partial charge in [0.1, 0.15) is 6.04 Å². The normalized spacial score (nSPS) is 15.6. The maximum Gasteiger partial charge on any atom is 0.404 e. The molecule has 5 rings (SSSR count). The molecule has 8 nitrogen and oxygen atoms in total. The molecule has 2 aromatic carbocycles. The molecule has 0 radical (unpaired) electrons. The van der Waals surface area contributed by atoms with Gasteiger partial charge >= 0.3 is 12.1 Å². The number of esters is 1. The number of carbonyl (C=O) groups is 1. The number of aryl methyl sites for hydroxylation is 1. The molecule has 0 amide bonds. The summed E-state index contributed by atoms with van der Waals surface area (Å²) in [5.41, 5.74) is 3.56. The van der Waals surface area contributed by atoms with Crippen molar-refractivity contribution >= 4 is 5.97 Å². The number of hydrogen-bond donors (Lipinski definition) is 0. The molecule has 3 heterocycles. The number of halogens is 3. The number of aromatic nitrogens is 4. The third kappa shape index (κ3) is 6.51. The van der Waals surface area contributed by atoms with Gasteiger partial charge in [0, 0.05) is 23.9 Å². The van der Waals surface area contributed by atoms with Gasteiger partial charge in [0.05, 0.1) is 12.5 Å². The Morgan fingerprint density at radius 1 is 1.05 bits per heavy atom. The molecule has 1 aliphatic rings. The monoisotopic (exact) mass is 567 g/mol. The SMILES string of the molecule is CCOC(=O)C1CCN(C(Cc2ccc(-c3noc(-c4nn(CC)cc4-c4ccccc4)n3)cc2)C(F)(F)F)CC1. The molecular weight excluding hydrogens is 535 g/mol. The fraction of sp³-hybridized carbons (Fsp3) is 0.400. The highest BCUT2D eigenvalue weighted by Crippen LogP contribution is 2.33. The van der Waals surface area contributed by atoms with Gasteiger partial charge in [0.2, 0.25) is 5.82 Å². The highest BCUT2D eigenvalue weighted by atomic mass is 19.4. The Balaban J connectivity index is 1.30. The quantitative estimate of drug-likeness (QED) is 0.228. The van der Waals surface area contributed by atoms with E-state index in [9.17, 15) is 18.0 Å². The van der Waals surface area contributed by atoms with E-state index >= 15 is 0 Å². The Labute approximate surface area is 236 Å². The van der Waals surface area contributed by atoms with Crippen molar-refractivity contribution in [2.24, 2.45) is 5.92 Å². The molecule has 1 unspecified atom stereocenters. The molecule has 0 saturated carbocycles. The molecule has 41 heavy (non-hydrogen) atoms. The second-order valence-electron chi connectivity index (χ2n) is 10.1. The van der Waals surface area contributed by atoms with Crippen LogP contribution in [0, 0.1) is 5.92 Å². The molecule has 1 saturated heterocycles. The molecule has 0 bridgehead atoms. The van der Waals surface area contributed by atoms with Crippen LogP contribution in [0.1, 0.15) is 32.3 Å². The fourth-order valence-corrected chi connectivity index (χ4v) is 5.18. The van der Waals surface area contributed by atoms with Gasteiger partial charge in [-0.25, -0.2) is 0 Å². The maximum atomic E-state index is 14.1. The van der Waals surface area contributed by atoms with E-state index in [1.807, 2.05) is 43.5 Å². The van der Waals surface area contributed by atoms with Crippen LogP contribution in [0.25, 0.3) is 34.1 Å². The summed E-state index contributed by atoms with van der Waals surface area (Å²) in [6.07, 6.45) is -1.96. The highest BCUT2D eigenvalue weighted by molar-refractivity contribution is 5.77. The first-order valence-electron chi connectivity index (χ1n) is 13.8. The third-order valence-corrected chi connectivity index (χ3v) is 7.41. The first-order valence-corrected chi connectivity index (χ1v) is 13.8. The van der Waals surface area contributed by atoms with Crippen LogP contribution in [-0.2, 0) is 22.5 Å². The van der Waals surface area contributed by atoms with Crippen LogP contribution in [0.4, 0.5) is 13.2 Å². The zero-order chi connectivity index (χ0) is 29.0. The minimum absolute atomic E-state index is 0.191.